The summed E-state index contributed by atoms with van der Waals surface area (Å²) in [5.41, 5.74) is 7.66. The van der Waals surface area contributed by atoms with Crippen molar-refractivity contribution in [1.82, 2.24) is 5.32 Å². The van der Waals surface area contributed by atoms with E-state index in [9.17, 15) is 4.79 Å². The lowest BCUT2D eigenvalue weighted by atomic mass is 10.1. The van der Waals surface area contributed by atoms with Crippen molar-refractivity contribution in [3.8, 4) is 5.75 Å². The first kappa shape index (κ1) is 18.7. The fraction of sp³-hybridized carbons (Fsp3) is 0.611. The highest BCUT2D eigenvalue weighted by atomic mass is 16.5. The molecule has 1 saturated heterocycles. The third kappa shape index (κ3) is 5.47. The van der Waals surface area contributed by atoms with Gasteiger partial charge in [0, 0.05) is 38.8 Å². The smallest absolute Gasteiger partial charge is 0.249 e. The molecule has 6 nitrogen and oxygen atoms in total. The lowest BCUT2D eigenvalue weighted by Crippen LogP contribution is -2.35. The Labute approximate surface area is 143 Å². The van der Waals surface area contributed by atoms with E-state index >= 15 is 0 Å². The number of methoxy groups -OCH3 is 1. The number of nitrogens with one attached hydrogen (secondary N) is 1. The van der Waals surface area contributed by atoms with Crippen molar-refractivity contribution >= 4 is 5.91 Å². The number of ether oxygens (including phenoxy) is 3. The molecule has 0 bridgehead atoms. The predicted molar refractivity (Wildman–Crippen MR) is 92.0 cm³/mol. The molecule has 134 valence electrons. The summed E-state index contributed by atoms with van der Waals surface area (Å²) < 4.78 is 16.5. The van der Waals surface area contributed by atoms with Crippen LogP contribution < -0.4 is 15.8 Å². The van der Waals surface area contributed by atoms with Crippen LogP contribution in [0.25, 0.3) is 0 Å². The minimum atomic E-state index is -0.393. The molecule has 2 rings (SSSR count). The average Bonchev–Trinajstić information content (AvgIpc) is 3.07. The molecular formula is C18H28N2O4. The van der Waals surface area contributed by atoms with E-state index < -0.39 is 6.10 Å². The van der Waals surface area contributed by atoms with Gasteiger partial charge in [-0.1, -0.05) is 12.1 Å². The largest absolute Gasteiger partial charge is 0.493 e. The van der Waals surface area contributed by atoms with Crippen LogP contribution >= 0.6 is 0 Å². The molecule has 1 aromatic carbocycles. The number of benzene rings is 1. The van der Waals surface area contributed by atoms with E-state index in [1.165, 1.54) is 0 Å². The van der Waals surface area contributed by atoms with Crippen LogP contribution in [-0.2, 0) is 20.8 Å². The zero-order chi connectivity index (χ0) is 17.4. The summed E-state index contributed by atoms with van der Waals surface area (Å²) in [6.45, 7) is 4.15. The fourth-order valence-corrected chi connectivity index (χ4v) is 2.70. The van der Waals surface area contributed by atoms with Crippen LogP contribution in [0.2, 0.25) is 0 Å². The summed E-state index contributed by atoms with van der Waals surface area (Å²) in [7, 11) is 1.67. The molecule has 3 N–H and O–H groups in total. The van der Waals surface area contributed by atoms with Gasteiger partial charge in [-0.05, 0) is 31.4 Å². The lowest BCUT2D eigenvalue weighted by Gasteiger charge is -2.15. The second-order valence-corrected chi connectivity index (χ2v) is 6.08. The molecule has 0 saturated carbocycles. The van der Waals surface area contributed by atoms with Crippen LogP contribution in [0.1, 0.15) is 30.4 Å². The number of aryl methyl sites for hydroxylation is 1. The summed E-state index contributed by atoms with van der Waals surface area (Å²) in [6.07, 6.45) is 2.00. The SMILES string of the molecule is COCCCOc1cc(C)ccc1CNC(=O)[C@@H]1CC[C@H](CN)O1. The normalized spacial score (nSPS) is 20.1. The molecule has 0 aliphatic carbocycles. The highest BCUT2D eigenvalue weighted by Gasteiger charge is 2.29. The topological polar surface area (TPSA) is 82.8 Å². The van der Waals surface area contributed by atoms with Gasteiger partial charge in [0.2, 0.25) is 5.91 Å². The predicted octanol–water partition coefficient (Wildman–Crippen LogP) is 1.53. The number of hydrogen-bond acceptors (Lipinski definition) is 5. The van der Waals surface area contributed by atoms with Crippen LogP contribution in [-0.4, -0.2) is 45.0 Å². The third-order valence-corrected chi connectivity index (χ3v) is 4.09. The van der Waals surface area contributed by atoms with Crippen molar-refractivity contribution in [2.45, 2.75) is 44.9 Å². The van der Waals surface area contributed by atoms with Gasteiger partial charge in [0.05, 0.1) is 12.7 Å². The average molecular weight is 336 g/mol. The summed E-state index contributed by atoms with van der Waals surface area (Å²) >= 11 is 0. The molecule has 1 fully saturated rings. The van der Waals surface area contributed by atoms with Gasteiger partial charge >= 0.3 is 0 Å². The fourth-order valence-electron chi connectivity index (χ4n) is 2.70. The molecule has 6 heteroatoms. The van der Waals surface area contributed by atoms with Crippen molar-refractivity contribution in [3.63, 3.8) is 0 Å². The van der Waals surface area contributed by atoms with Gasteiger partial charge in [0.1, 0.15) is 11.9 Å². The van der Waals surface area contributed by atoms with Crippen molar-refractivity contribution in [2.24, 2.45) is 5.73 Å². The lowest BCUT2D eigenvalue weighted by molar-refractivity contribution is -0.132. The summed E-state index contributed by atoms with van der Waals surface area (Å²) in [4.78, 5) is 12.2. The number of rotatable bonds is 9. The van der Waals surface area contributed by atoms with Gasteiger partial charge in [0.25, 0.3) is 0 Å². The minimum Gasteiger partial charge on any atom is -0.493 e. The molecule has 1 aromatic rings. The third-order valence-electron chi connectivity index (χ3n) is 4.09. The van der Waals surface area contributed by atoms with Gasteiger partial charge in [0.15, 0.2) is 0 Å². The van der Waals surface area contributed by atoms with Crippen molar-refractivity contribution in [3.05, 3.63) is 29.3 Å². The van der Waals surface area contributed by atoms with E-state index in [-0.39, 0.29) is 12.0 Å². The zero-order valence-corrected chi connectivity index (χ0v) is 14.5. The van der Waals surface area contributed by atoms with E-state index in [0.717, 1.165) is 36.1 Å². The van der Waals surface area contributed by atoms with Crippen LogP contribution in [0.5, 0.6) is 5.75 Å². The standard InChI is InChI=1S/C18H28N2O4/c1-13-4-5-14(17(10-13)23-9-3-8-22-2)12-20-18(21)16-7-6-15(11-19)24-16/h4-5,10,15-16H,3,6-9,11-12,19H2,1-2H3,(H,20,21)/t15-,16+/m1/s1. The Bertz CT molecular complexity index is 536. The molecular weight excluding hydrogens is 308 g/mol. The Kier molecular flexibility index (Phi) is 7.49. The second kappa shape index (κ2) is 9.61. The Morgan fingerprint density at radius 1 is 1.38 bits per heavy atom. The first-order chi connectivity index (χ1) is 11.6. The molecule has 0 radical (unpaired) electrons. The Morgan fingerprint density at radius 3 is 2.92 bits per heavy atom. The Hall–Kier alpha value is -1.63. The maximum atomic E-state index is 12.2. The summed E-state index contributed by atoms with van der Waals surface area (Å²) in [5, 5.41) is 2.94. The summed E-state index contributed by atoms with van der Waals surface area (Å²) in [5.74, 6) is 0.718. The molecule has 2 atom stereocenters. The van der Waals surface area contributed by atoms with Crippen molar-refractivity contribution < 1.29 is 19.0 Å². The maximum absolute atomic E-state index is 12.2. The van der Waals surface area contributed by atoms with Gasteiger partial charge in [-0.3, -0.25) is 4.79 Å². The molecule has 0 aromatic heterocycles. The van der Waals surface area contributed by atoms with Gasteiger partial charge in [-0.15, -0.1) is 0 Å². The number of hydrogen-bond donors (Lipinski definition) is 2. The van der Waals surface area contributed by atoms with E-state index in [1.807, 2.05) is 25.1 Å². The molecule has 24 heavy (non-hydrogen) atoms. The quantitative estimate of drug-likeness (QED) is 0.668. The van der Waals surface area contributed by atoms with E-state index in [4.69, 9.17) is 19.9 Å². The highest BCUT2D eigenvalue weighted by Crippen LogP contribution is 2.22. The number of carbonyl (C=O) groups is 1. The molecule has 0 spiro atoms. The van der Waals surface area contributed by atoms with Gasteiger partial charge in [-0.25, -0.2) is 0 Å². The summed E-state index contributed by atoms with van der Waals surface area (Å²) in [6, 6.07) is 5.99. The van der Waals surface area contributed by atoms with Crippen LogP contribution in [0, 0.1) is 6.92 Å². The second-order valence-electron chi connectivity index (χ2n) is 6.08. The van der Waals surface area contributed by atoms with E-state index in [1.54, 1.807) is 7.11 Å². The molecule has 1 aliphatic heterocycles. The molecule has 1 heterocycles. The van der Waals surface area contributed by atoms with Gasteiger partial charge < -0.3 is 25.3 Å². The Morgan fingerprint density at radius 2 is 2.21 bits per heavy atom. The zero-order valence-electron chi connectivity index (χ0n) is 14.5. The van der Waals surface area contributed by atoms with Gasteiger partial charge in [-0.2, -0.15) is 0 Å². The Balaban J connectivity index is 1.88. The van der Waals surface area contributed by atoms with E-state index in [2.05, 4.69) is 5.32 Å². The minimum absolute atomic E-state index is 0.000182. The van der Waals surface area contributed by atoms with Crippen LogP contribution in [0.4, 0.5) is 0 Å². The maximum Gasteiger partial charge on any atom is 0.249 e. The number of amides is 1. The first-order valence-corrected chi connectivity index (χ1v) is 8.48. The van der Waals surface area contributed by atoms with Crippen LogP contribution in [0.3, 0.4) is 0 Å². The number of nitrogens with two attached hydrogens (primary N) is 1. The molecule has 1 amide bonds. The highest BCUT2D eigenvalue weighted by molar-refractivity contribution is 5.81. The monoisotopic (exact) mass is 336 g/mol. The number of carbonyl (C=O) groups excluding carboxylic acids is 1. The first-order valence-electron chi connectivity index (χ1n) is 8.48. The van der Waals surface area contributed by atoms with E-state index in [0.29, 0.717) is 26.3 Å². The van der Waals surface area contributed by atoms with Crippen LogP contribution in [0.15, 0.2) is 18.2 Å². The molecule has 1 aliphatic rings. The van der Waals surface area contributed by atoms with Crippen molar-refractivity contribution in [1.29, 1.82) is 0 Å². The molecule has 0 unspecified atom stereocenters. The van der Waals surface area contributed by atoms with Crippen molar-refractivity contribution in [2.75, 3.05) is 26.9 Å².